The van der Waals surface area contributed by atoms with Crippen LogP contribution >= 0.6 is 0 Å². The number of benzene rings is 1. The Morgan fingerprint density at radius 2 is 2.08 bits per heavy atom. The van der Waals surface area contributed by atoms with Gasteiger partial charge < -0.3 is 10.4 Å². The lowest BCUT2D eigenvalue weighted by Gasteiger charge is -2.01. The zero-order chi connectivity index (χ0) is 9.68. The Balaban J connectivity index is 2.71. The van der Waals surface area contributed by atoms with Gasteiger partial charge in [-0.3, -0.25) is 4.79 Å². The van der Waals surface area contributed by atoms with Crippen LogP contribution in [0.1, 0.15) is 5.56 Å². The first-order valence-electron chi connectivity index (χ1n) is 3.73. The van der Waals surface area contributed by atoms with E-state index in [2.05, 4.69) is 11.2 Å². The first-order chi connectivity index (χ1) is 6.26. The van der Waals surface area contributed by atoms with Gasteiger partial charge in [0.05, 0.1) is 0 Å². The highest BCUT2D eigenvalue weighted by Crippen LogP contribution is 2.07. The van der Waals surface area contributed by atoms with Gasteiger partial charge in [0.15, 0.2) is 0 Å². The number of anilines is 1. The molecule has 0 atom stereocenters. The van der Waals surface area contributed by atoms with Gasteiger partial charge in [0.2, 0.25) is 5.91 Å². The predicted octanol–water partition coefficient (Wildman–Crippen LogP) is 0.599. The largest absolute Gasteiger partial charge is 0.387 e. The number of hydrogen-bond acceptors (Lipinski definition) is 2. The summed E-state index contributed by atoms with van der Waals surface area (Å²) in [5.41, 5.74) is 1.38. The van der Waals surface area contributed by atoms with Crippen molar-refractivity contribution in [3.8, 4) is 12.3 Å². The zero-order valence-electron chi connectivity index (χ0n) is 6.95. The summed E-state index contributed by atoms with van der Waals surface area (Å²) in [5, 5.41) is 10.9. The van der Waals surface area contributed by atoms with E-state index >= 15 is 0 Å². The highest BCUT2D eigenvalue weighted by Gasteiger charge is 1.98. The van der Waals surface area contributed by atoms with Crippen molar-refractivity contribution in [3.05, 3.63) is 29.8 Å². The Morgan fingerprint density at radius 3 is 2.54 bits per heavy atom. The molecule has 0 bridgehead atoms. The summed E-state index contributed by atoms with van der Waals surface area (Å²) >= 11 is 0. The molecule has 0 aromatic heterocycles. The summed E-state index contributed by atoms with van der Waals surface area (Å²) in [7, 11) is 0. The van der Waals surface area contributed by atoms with Gasteiger partial charge in [0.25, 0.3) is 0 Å². The summed E-state index contributed by atoms with van der Waals surface area (Å²) in [5.74, 6) is 2.02. The van der Waals surface area contributed by atoms with Crippen molar-refractivity contribution >= 4 is 11.6 Å². The van der Waals surface area contributed by atoms with Crippen molar-refractivity contribution in [1.82, 2.24) is 0 Å². The summed E-state index contributed by atoms with van der Waals surface area (Å²) in [4.78, 5) is 10.7. The quantitative estimate of drug-likeness (QED) is 0.646. The molecule has 0 fully saturated rings. The molecule has 0 radical (unpaired) electrons. The number of aliphatic hydroxyl groups is 1. The topological polar surface area (TPSA) is 49.3 Å². The number of aliphatic hydroxyl groups excluding tert-OH is 1. The highest BCUT2D eigenvalue weighted by molar-refractivity contribution is 5.91. The SMILES string of the molecule is C#Cc1ccc(NC(=O)CO)cc1. The Hall–Kier alpha value is -1.79. The van der Waals surface area contributed by atoms with Crippen molar-refractivity contribution in [1.29, 1.82) is 0 Å². The molecule has 13 heavy (non-hydrogen) atoms. The molecule has 0 aliphatic heterocycles. The standard InChI is InChI=1S/C10H9NO2/c1-2-8-3-5-9(6-4-8)11-10(13)7-12/h1,3-6,12H,7H2,(H,11,13). The molecule has 0 saturated carbocycles. The molecule has 0 unspecified atom stereocenters. The van der Waals surface area contributed by atoms with Crippen molar-refractivity contribution in [3.63, 3.8) is 0 Å². The highest BCUT2D eigenvalue weighted by atomic mass is 16.3. The summed E-state index contributed by atoms with van der Waals surface area (Å²) < 4.78 is 0. The minimum atomic E-state index is -0.517. The molecule has 1 rings (SSSR count). The van der Waals surface area contributed by atoms with Gasteiger partial charge in [-0.1, -0.05) is 5.92 Å². The lowest BCUT2D eigenvalue weighted by atomic mass is 10.2. The summed E-state index contributed by atoms with van der Waals surface area (Å²) in [6.07, 6.45) is 5.15. The van der Waals surface area contributed by atoms with Gasteiger partial charge in [-0.25, -0.2) is 0 Å². The van der Waals surface area contributed by atoms with E-state index in [0.29, 0.717) is 5.69 Å². The predicted molar refractivity (Wildman–Crippen MR) is 50.1 cm³/mol. The fraction of sp³-hybridized carbons (Fsp3) is 0.100. The molecule has 2 N–H and O–H groups in total. The Kier molecular flexibility index (Phi) is 3.07. The van der Waals surface area contributed by atoms with E-state index in [4.69, 9.17) is 11.5 Å². The van der Waals surface area contributed by atoms with Crippen LogP contribution in [0.4, 0.5) is 5.69 Å². The smallest absolute Gasteiger partial charge is 0.250 e. The first kappa shape index (κ1) is 9.30. The number of carbonyl (C=O) groups excluding carboxylic acids is 1. The van der Waals surface area contributed by atoms with Crippen LogP contribution in [-0.4, -0.2) is 17.6 Å². The maximum atomic E-state index is 10.7. The van der Waals surface area contributed by atoms with E-state index in [9.17, 15) is 4.79 Å². The molecule has 0 aliphatic carbocycles. The summed E-state index contributed by atoms with van der Waals surface area (Å²) in [6, 6.07) is 6.80. The van der Waals surface area contributed by atoms with E-state index < -0.39 is 12.5 Å². The average Bonchev–Trinajstić information content (AvgIpc) is 2.19. The van der Waals surface area contributed by atoms with E-state index in [-0.39, 0.29) is 0 Å². The van der Waals surface area contributed by atoms with Crippen molar-refractivity contribution in [2.75, 3.05) is 11.9 Å². The number of amides is 1. The molecule has 66 valence electrons. The molecular formula is C10H9NO2. The zero-order valence-corrected chi connectivity index (χ0v) is 6.95. The van der Waals surface area contributed by atoms with E-state index in [0.717, 1.165) is 5.56 Å². The molecular weight excluding hydrogens is 166 g/mol. The Labute approximate surface area is 76.4 Å². The number of carbonyl (C=O) groups is 1. The van der Waals surface area contributed by atoms with E-state index in [1.54, 1.807) is 24.3 Å². The van der Waals surface area contributed by atoms with E-state index in [1.165, 1.54) is 0 Å². The van der Waals surface area contributed by atoms with Crippen LogP contribution in [0, 0.1) is 12.3 Å². The minimum absolute atomic E-state index is 0.437. The van der Waals surface area contributed by atoms with Gasteiger partial charge in [-0.2, -0.15) is 0 Å². The maximum absolute atomic E-state index is 10.7. The van der Waals surface area contributed by atoms with Crippen molar-refractivity contribution < 1.29 is 9.90 Å². The first-order valence-corrected chi connectivity index (χ1v) is 3.73. The second-order valence-corrected chi connectivity index (χ2v) is 2.43. The fourth-order valence-electron chi connectivity index (χ4n) is 0.850. The molecule has 0 aliphatic rings. The lowest BCUT2D eigenvalue weighted by Crippen LogP contribution is -2.15. The van der Waals surface area contributed by atoms with Crippen LogP contribution in [0.5, 0.6) is 0 Å². The third kappa shape index (κ3) is 2.62. The van der Waals surface area contributed by atoms with Crippen LogP contribution < -0.4 is 5.32 Å². The number of rotatable bonds is 2. The van der Waals surface area contributed by atoms with Crippen LogP contribution in [-0.2, 0) is 4.79 Å². The maximum Gasteiger partial charge on any atom is 0.250 e. The number of terminal acetylenes is 1. The molecule has 3 nitrogen and oxygen atoms in total. The Bertz CT molecular complexity index is 335. The minimum Gasteiger partial charge on any atom is -0.387 e. The van der Waals surface area contributed by atoms with Gasteiger partial charge in [0, 0.05) is 11.3 Å². The summed E-state index contributed by atoms with van der Waals surface area (Å²) in [6.45, 7) is -0.517. The molecule has 3 heteroatoms. The van der Waals surface area contributed by atoms with Crippen LogP contribution in [0.3, 0.4) is 0 Å². The van der Waals surface area contributed by atoms with Crippen LogP contribution in [0.2, 0.25) is 0 Å². The molecule has 0 heterocycles. The van der Waals surface area contributed by atoms with Crippen molar-refractivity contribution in [2.24, 2.45) is 0 Å². The Morgan fingerprint density at radius 1 is 1.46 bits per heavy atom. The molecule has 1 amide bonds. The van der Waals surface area contributed by atoms with Gasteiger partial charge in [0.1, 0.15) is 6.61 Å². The number of hydrogen-bond donors (Lipinski definition) is 2. The third-order valence-electron chi connectivity index (χ3n) is 1.48. The molecule has 0 saturated heterocycles. The molecule has 0 spiro atoms. The monoisotopic (exact) mass is 175 g/mol. The fourth-order valence-corrected chi connectivity index (χ4v) is 0.850. The van der Waals surface area contributed by atoms with Crippen LogP contribution in [0.25, 0.3) is 0 Å². The third-order valence-corrected chi connectivity index (χ3v) is 1.48. The normalized spacial score (nSPS) is 8.92. The number of nitrogens with one attached hydrogen (secondary N) is 1. The lowest BCUT2D eigenvalue weighted by molar-refractivity contribution is -0.118. The second-order valence-electron chi connectivity index (χ2n) is 2.43. The van der Waals surface area contributed by atoms with Gasteiger partial charge >= 0.3 is 0 Å². The molecule has 1 aromatic carbocycles. The van der Waals surface area contributed by atoms with Crippen LogP contribution in [0.15, 0.2) is 24.3 Å². The van der Waals surface area contributed by atoms with Gasteiger partial charge in [-0.15, -0.1) is 6.42 Å². The van der Waals surface area contributed by atoms with Crippen molar-refractivity contribution in [2.45, 2.75) is 0 Å². The average molecular weight is 175 g/mol. The van der Waals surface area contributed by atoms with Gasteiger partial charge in [-0.05, 0) is 24.3 Å². The second kappa shape index (κ2) is 4.29. The molecule has 1 aromatic rings. The van der Waals surface area contributed by atoms with E-state index in [1.807, 2.05) is 0 Å².